The van der Waals surface area contributed by atoms with Crippen LogP contribution in [-0.2, 0) is 10.2 Å². The van der Waals surface area contributed by atoms with Gasteiger partial charge in [-0.05, 0) is 43.7 Å². The summed E-state index contributed by atoms with van der Waals surface area (Å²) in [5, 5.41) is 0. The van der Waals surface area contributed by atoms with Crippen LogP contribution in [0.25, 0.3) is 0 Å². The molecule has 1 saturated carbocycles. The zero-order valence-electron chi connectivity index (χ0n) is 15.3. The van der Waals surface area contributed by atoms with Crippen LogP contribution < -0.4 is 0 Å². The van der Waals surface area contributed by atoms with Gasteiger partial charge >= 0.3 is 0 Å². The van der Waals surface area contributed by atoms with E-state index in [1.165, 1.54) is 30.4 Å². The molecule has 2 heteroatoms. The molecule has 1 saturated heterocycles. The van der Waals surface area contributed by atoms with E-state index >= 15 is 0 Å². The molecule has 23 heavy (non-hydrogen) atoms. The molecule has 4 atom stereocenters. The summed E-state index contributed by atoms with van der Waals surface area (Å²) in [5.74, 6) is 1.46. The van der Waals surface area contributed by atoms with Crippen molar-refractivity contribution >= 4 is 0 Å². The van der Waals surface area contributed by atoms with Crippen LogP contribution in [0.4, 0.5) is 0 Å². The number of rotatable bonds is 0. The summed E-state index contributed by atoms with van der Waals surface area (Å²) in [6, 6.07) is 8.94. The lowest BCUT2D eigenvalue weighted by Gasteiger charge is -2.61. The van der Waals surface area contributed by atoms with Crippen LogP contribution in [0.15, 0.2) is 24.3 Å². The Morgan fingerprint density at radius 3 is 2.61 bits per heavy atom. The summed E-state index contributed by atoms with van der Waals surface area (Å²) >= 11 is 0. The number of benzene rings is 1. The molecule has 2 heterocycles. The standard InChI is InChI=1S/C21H31NO/c1-14-10-11-17-18(12-14)23-19-15-8-6-7-9-16(15)20(2,3)13-22(19)21(17,4)5/h6-9,14,17-19H,10-13H2,1-5H3/t14-,17?,18?,19+/m1/s1. The van der Waals surface area contributed by atoms with Gasteiger partial charge in [-0.1, -0.05) is 51.5 Å². The molecule has 4 rings (SSSR count). The van der Waals surface area contributed by atoms with Gasteiger partial charge in [0, 0.05) is 23.4 Å². The van der Waals surface area contributed by atoms with Gasteiger partial charge in [-0.15, -0.1) is 0 Å². The van der Waals surface area contributed by atoms with Crippen LogP contribution in [0.2, 0.25) is 0 Å². The first-order chi connectivity index (χ1) is 10.8. The van der Waals surface area contributed by atoms with Crippen molar-refractivity contribution in [1.29, 1.82) is 0 Å². The number of hydrogen-bond donors (Lipinski definition) is 0. The van der Waals surface area contributed by atoms with E-state index in [1.807, 2.05) is 0 Å². The molecule has 0 radical (unpaired) electrons. The van der Waals surface area contributed by atoms with Crippen molar-refractivity contribution in [3.8, 4) is 0 Å². The Bertz CT molecular complexity index is 606. The molecule has 0 aromatic heterocycles. The lowest BCUT2D eigenvalue weighted by molar-refractivity contribution is -0.245. The highest BCUT2D eigenvalue weighted by Crippen LogP contribution is 2.53. The summed E-state index contributed by atoms with van der Waals surface area (Å²) in [6.07, 6.45) is 4.45. The van der Waals surface area contributed by atoms with Crippen molar-refractivity contribution in [1.82, 2.24) is 4.90 Å². The van der Waals surface area contributed by atoms with Gasteiger partial charge in [0.15, 0.2) is 0 Å². The first-order valence-electron chi connectivity index (χ1n) is 9.32. The van der Waals surface area contributed by atoms with Crippen molar-refractivity contribution in [2.45, 2.75) is 77.2 Å². The largest absolute Gasteiger partial charge is 0.355 e. The van der Waals surface area contributed by atoms with Crippen molar-refractivity contribution < 1.29 is 4.74 Å². The van der Waals surface area contributed by atoms with E-state index in [4.69, 9.17) is 4.74 Å². The Hall–Kier alpha value is -0.860. The molecule has 3 aliphatic rings. The lowest BCUT2D eigenvalue weighted by atomic mass is 9.67. The van der Waals surface area contributed by atoms with E-state index < -0.39 is 0 Å². The highest BCUT2D eigenvalue weighted by Gasteiger charge is 2.54. The number of hydrogen-bond acceptors (Lipinski definition) is 2. The first kappa shape index (κ1) is 15.7. The Morgan fingerprint density at radius 2 is 1.83 bits per heavy atom. The molecular weight excluding hydrogens is 282 g/mol. The average molecular weight is 313 g/mol. The maximum atomic E-state index is 6.75. The number of ether oxygens (including phenoxy) is 1. The van der Waals surface area contributed by atoms with Crippen LogP contribution in [0.5, 0.6) is 0 Å². The van der Waals surface area contributed by atoms with Gasteiger partial charge in [-0.3, -0.25) is 4.90 Å². The molecule has 0 N–H and O–H groups in total. The minimum Gasteiger partial charge on any atom is -0.355 e. The number of fused-ring (bicyclic) bond motifs is 4. The monoisotopic (exact) mass is 313 g/mol. The molecule has 126 valence electrons. The zero-order chi connectivity index (χ0) is 16.4. The van der Waals surface area contributed by atoms with Crippen LogP contribution in [0.1, 0.15) is 71.2 Å². The molecule has 2 fully saturated rings. The Kier molecular flexibility index (Phi) is 3.45. The van der Waals surface area contributed by atoms with Crippen molar-refractivity contribution in [2.24, 2.45) is 11.8 Å². The summed E-state index contributed by atoms with van der Waals surface area (Å²) in [6.45, 7) is 13.2. The fraction of sp³-hybridized carbons (Fsp3) is 0.714. The fourth-order valence-electron chi connectivity index (χ4n) is 5.41. The van der Waals surface area contributed by atoms with Gasteiger partial charge < -0.3 is 4.74 Å². The molecule has 0 spiro atoms. The van der Waals surface area contributed by atoms with Gasteiger partial charge in [0.25, 0.3) is 0 Å². The molecule has 1 aliphatic carbocycles. The molecule has 2 nitrogen and oxygen atoms in total. The molecule has 0 amide bonds. The SMILES string of the molecule is C[C@@H]1CCC2C(C1)O[C@H]1c3ccccc3C(C)(C)CN1C2(C)C. The molecule has 2 unspecified atom stereocenters. The van der Waals surface area contributed by atoms with Crippen LogP contribution in [-0.4, -0.2) is 23.1 Å². The van der Waals surface area contributed by atoms with Crippen molar-refractivity contribution in [3.05, 3.63) is 35.4 Å². The molecule has 1 aromatic carbocycles. The van der Waals surface area contributed by atoms with Crippen LogP contribution in [0, 0.1) is 11.8 Å². The van der Waals surface area contributed by atoms with Gasteiger partial charge in [0.1, 0.15) is 6.23 Å². The molecule has 0 bridgehead atoms. The maximum Gasteiger partial charge on any atom is 0.137 e. The van der Waals surface area contributed by atoms with Gasteiger partial charge in [0.2, 0.25) is 0 Å². The van der Waals surface area contributed by atoms with Crippen LogP contribution >= 0.6 is 0 Å². The van der Waals surface area contributed by atoms with E-state index in [2.05, 4.69) is 63.8 Å². The molecule has 1 aromatic rings. The molecular formula is C21H31NO. The Balaban J connectivity index is 1.79. The fourth-order valence-corrected chi connectivity index (χ4v) is 5.41. The highest BCUT2D eigenvalue weighted by atomic mass is 16.5. The van der Waals surface area contributed by atoms with E-state index in [0.717, 1.165) is 12.5 Å². The Labute approximate surface area is 141 Å². The third-order valence-electron chi connectivity index (χ3n) is 6.81. The zero-order valence-corrected chi connectivity index (χ0v) is 15.3. The number of nitrogens with zero attached hydrogens (tertiary/aromatic N) is 1. The van der Waals surface area contributed by atoms with Crippen LogP contribution in [0.3, 0.4) is 0 Å². The predicted octanol–water partition coefficient (Wildman–Crippen LogP) is 4.89. The molecule has 2 aliphatic heterocycles. The second-order valence-corrected chi connectivity index (χ2v) is 9.30. The minimum absolute atomic E-state index is 0.140. The maximum absolute atomic E-state index is 6.75. The van der Waals surface area contributed by atoms with E-state index in [9.17, 15) is 0 Å². The van der Waals surface area contributed by atoms with Crippen molar-refractivity contribution in [3.63, 3.8) is 0 Å². The third-order valence-corrected chi connectivity index (χ3v) is 6.81. The van der Waals surface area contributed by atoms with Crippen molar-refractivity contribution in [2.75, 3.05) is 6.54 Å². The quantitative estimate of drug-likeness (QED) is 0.676. The summed E-state index contributed by atoms with van der Waals surface area (Å²) in [5.41, 5.74) is 3.26. The predicted molar refractivity (Wildman–Crippen MR) is 94.4 cm³/mol. The second-order valence-electron chi connectivity index (χ2n) is 9.30. The van der Waals surface area contributed by atoms with E-state index in [-0.39, 0.29) is 17.2 Å². The smallest absolute Gasteiger partial charge is 0.137 e. The van der Waals surface area contributed by atoms with Gasteiger partial charge in [-0.2, -0.15) is 0 Å². The summed E-state index contributed by atoms with van der Waals surface area (Å²) in [7, 11) is 0. The van der Waals surface area contributed by atoms with E-state index in [0.29, 0.717) is 12.0 Å². The first-order valence-corrected chi connectivity index (χ1v) is 9.32. The summed E-state index contributed by atoms with van der Waals surface area (Å²) in [4.78, 5) is 2.66. The Morgan fingerprint density at radius 1 is 1.09 bits per heavy atom. The van der Waals surface area contributed by atoms with Gasteiger partial charge in [-0.25, -0.2) is 0 Å². The normalized spacial score (nSPS) is 38.3. The second kappa shape index (κ2) is 5.07. The third kappa shape index (κ3) is 2.29. The topological polar surface area (TPSA) is 12.5 Å². The summed E-state index contributed by atoms with van der Waals surface area (Å²) < 4.78 is 6.75. The lowest BCUT2D eigenvalue weighted by Crippen LogP contribution is -2.65. The van der Waals surface area contributed by atoms with Gasteiger partial charge in [0.05, 0.1) is 6.10 Å². The minimum atomic E-state index is 0.140. The van der Waals surface area contributed by atoms with E-state index in [1.54, 1.807) is 0 Å². The average Bonchev–Trinajstić information content (AvgIpc) is 2.49. The highest BCUT2D eigenvalue weighted by molar-refractivity contribution is 5.38.